The average Bonchev–Trinajstić information content (AvgIpc) is 2.69. The normalized spacial score (nSPS) is 10.8. The van der Waals surface area contributed by atoms with Crippen LogP contribution in [0.3, 0.4) is 0 Å². The molecule has 0 aromatic heterocycles. The number of halogens is 3. The highest BCUT2D eigenvalue weighted by atomic mass is 19.4. The third-order valence-corrected chi connectivity index (χ3v) is 3.92. The van der Waals surface area contributed by atoms with Crippen molar-refractivity contribution in [3.63, 3.8) is 0 Å². The van der Waals surface area contributed by atoms with E-state index in [-0.39, 0.29) is 5.56 Å². The fourth-order valence-electron chi connectivity index (χ4n) is 2.45. The number of benzene rings is 3. The van der Waals surface area contributed by atoms with Crippen LogP contribution >= 0.6 is 0 Å². The maximum Gasteiger partial charge on any atom is 0.416 e. The molecular formula is C21H14F3N3O. The summed E-state index contributed by atoms with van der Waals surface area (Å²) in [7, 11) is 0. The minimum absolute atomic E-state index is 0.132. The number of alkyl halides is 3. The molecule has 0 heterocycles. The molecule has 7 heteroatoms. The van der Waals surface area contributed by atoms with Crippen LogP contribution in [0.25, 0.3) is 0 Å². The van der Waals surface area contributed by atoms with E-state index in [1.165, 1.54) is 0 Å². The van der Waals surface area contributed by atoms with Gasteiger partial charge in [-0.2, -0.15) is 18.4 Å². The van der Waals surface area contributed by atoms with Gasteiger partial charge in [-0.05, 0) is 72.8 Å². The topological polar surface area (TPSA) is 64.9 Å². The van der Waals surface area contributed by atoms with Gasteiger partial charge in [0, 0.05) is 22.6 Å². The average molecular weight is 381 g/mol. The van der Waals surface area contributed by atoms with Crippen LogP contribution in [0.2, 0.25) is 0 Å². The van der Waals surface area contributed by atoms with Gasteiger partial charge >= 0.3 is 6.18 Å². The molecule has 3 rings (SSSR count). The molecule has 0 unspecified atom stereocenters. The summed E-state index contributed by atoms with van der Waals surface area (Å²) in [5, 5.41) is 14.6. The highest BCUT2D eigenvalue weighted by Crippen LogP contribution is 2.29. The van der Waals surface area contributed by atoms with Gasteiger partial charge in [-0.3, -0.25) is 4.79 Å². The minimum Gasteiger partial charge on any atom is -0.356 e. The van der Waals surface area contributed by atoms with Crippen LogP contribution in [0, 0.1) is 11.3 Å². The third-order valence-electron chi connectivity index (χ3n) is 3.92. The van der Waals surface area contributed by atoms with Crippen molar-refractivity contribution in [2.45, 2.75) is 6.18 Å². The Balaban J connectivity index is 1.63. The molecule has 0 atom stereocenters. The predicted octanol–water partition coefficient (Wildman–Crippen LogP) is 5.57. The molecule has 0 radical (unpaired) electrons. The number of hydrogen-bond donors (Lipinski definition) is 2. The van der Waals surface area contributed by atoms with E-state index in [1.807, 2.05) is 6.07 Å². The van der Waals surface area contributed by atoms with Gasteiger partial charge in [0.05, 0.1) is 17.2 Å². The van der Waals surface area contributed by atoms with Gasteiger partial charge < -0.3 is 10.6 Å². The lowest BCUT2D eigenvalue weighted by atomic mass is 10.1. The Bertz CT molecular complexity index is 1000. The van der Waals surface area contributed by atoms with Crippen LogP contribution in [0.15, 0.2) is 72.8 Å². The van der Waals surface area contributed by atoms with E-state index in [2.05, 4.69) is 10.6 Å². The van der Waals surface area contributed by atoms with Crippen LogP contribution < -0.4 is 10.6 Å². The molecular weight excluding hydrogens is 367 g/mol. The van der Waals surface area contributed by atoms with Gasteiger partial charge in [0.2, 0.25) is 0 Å². The van der Waals surface area contributed by atoms with Gasteiger partial charge in [-0.1, -0.05) is 0 Å². The van der Waals surface area contributed by atoms with Crippen molar-refractivity contribution in [2.24, 2.45) is 0 Å². The second-order valence-corrected chi connectivity index (χ2v) is 5.92. The van der Waals surface area contributed by atoms with Crippen molar-refractivity contribution in [3.05, 3.63) is 89.5 Å². The first kappa shape index (κ1) is 19.0. The molecule has 28 heavy (non-hydrogen) atoms. The molecule has 0 aliphatic heterocycles. The highest BCUT2D eigenvalue weighted by molar-refractivity contribution is 6.04. The number of nitrogens with zero attached hydrogens (tertiary/aromatic N) is 1. The standard InChI is InChI=1S/C21H14F3N3O/c22-21(23,24)16-5-3-15(4-6-16)20(28)27-19-11-9-18(10-12-19)26-17-7-1-14(13-25)2-8-17/h1-12,26H,(H,27,28). The lowest BCUT2D eigenvalue weighted by molar-refractivity contribution is -0.137. The van der Waals surface area contributed by atoms with Gasteiger partial charge in [0.25, 0.3) is 5.91 Å². The number of anilines is 3. The molecule has 0 saturated carbocycles. The number of nitriles is 1. The molecule has 140 valence electrons. The summed E-state index contributed by atoms with van der Waals surface area (Å²) >= 11 is 0. The van der Waals surface area contributed by atoms with Gasteiger partial charge in [-0.15, -0.1) is 0 Å². The maximum atomic E-state index is 12.6. The lowest BCUT2D eigenvalue weighted by Crippen LogP contribution is -2.12. The Morgan fingerprint density at radius 2 is 1.29 bits per heavy atom. The smallest absolute Gasteiger partial charge is 0.356 e. The zero-order valence-electron chi connectivity index (χ0n) is 14.4. The molecule has 0 aliphatic carbocycles. The molecule has 0 fully saturated rings. The van der Waals surface area contributed by atoms with Crippen molar-refractivity contribution >= 4 is 23.0 Å². The Kier molecular flexibility index (Phi) is 5.32. The van der Waals surface area contributed by atoms with Gasteiger partial charge in [-0.25, -0.2) is 0 Å². The van der Waals surface area contributed by atoms with Crippen molar-refractivity contribution < 1.29 is 18.0 Å². The van der Waals surface area contributed by atoms with E-state index in [1.54, 1.807) is 48.5 Å². The summed E-state index contributed by atoms with van der Waals surface area (Å²) in [5.74, 6) is -0.499. The van der Waals surface area contributed by atoms with Crippen molar-refractivity contribution in [3.8, 4) is 6.07 Å². The molecule has 3 aromatic carbocycles. The Labute approximate surface area is 159 Å². The van der Waals surface area contributed by atoms with E-state index in [0.717, 1.165) is 35.6 Å². The van der Waals surface area contributed by atoms with Crippen LogP contribution in [0.5, 0.6) is 0 Å². The summed E-state index contributed by atoms with van der Waals surface area (Å²) < 4.78 is 37.7. The van der Waals surface area contributed by atoms with Gasteiger partial charge in [0.15, 0.2) is 0 Å². The molecule has 3 aromatic rings. The van der Waals surface area contributed by atoms with E-state index in [9.17, 15) is 18.0 Å². The number of carbonyl (C=O) groups is 1. The summed E-state index contributed by atoms with van der Waals surface area (Å²) in [6.45, 7) is 0. The van der Waals surface area contributed by atoms with Gasteiger partial charge in [0.1, 0.15) is 0 Å². The summed E-state index contributed by atoms with van der Waals surface area (Å²) in [6, 6.07) is 19.9. The summed E-state index contributed by atoms with van der Waals surface area (Å²) in [4.78, 5) is 12.2. The fraction of sp³-hybridized carbons (Fsp3) is 0.0476. The zero-order chi connectivity index (χ0) is 20.1. The molecule has 0 saturated heterocycles. The molecule has 1 amide bonds. The largest absolute Gasteiger partial charge is 0.416 e. The highest BCUT2D eigenvalue weighted by Gasteiger charge is 2.30. The lowest BCUT2D eigenvalue weighted by Gasteiger charge is -2.10. The van der Waals surface area contributed by atoms with Crippen molar-refractivity contribution in [2.75, 3.05) is 10.6 Å². The monoisotopic (exact) mass is 381 g/mol. The molecule has 0 spiro atoms. The molecule has 2 N–H and O–H groups in total. The second-order valence-electron chi connectivity index (χ2n) is 5.92. The van der Waals surface area contributed by atoms with Crippen LogP contribution in [0.4, 0.5) is 30.2 Å². The summed E-state index contributed by atoms with van der Waals surface area (Å²) in [5.41, 5.74) is 1.98. The zero-order valence-corrected chi connectivity index (χ0v) is 14.4. The first-order valence-electron chi connectivity index (χ1n) is 8.21. The number of rotatable bonds is 4. The number of hydrogen-bond acceptors (Lipinski definition) is 3. The first-order chi connectivity index (χ1) is 13.3. The number of carbonyl (C=O) groups excluding carboxylic acids is 1. The van der Waals surface area contributed by atoms with E-state index < -0.39 is 17.6 Å². The molecule has 4 nitrogen and oxygen atoms in total. The Hall–Kier alpha value is -3.79. The maximum absolute atomic E-state index is 12.6. The predicted molar refractivity (Wildman–Crippen MR) is 100 cm³/mol. The van der Waals surface area contributed by atoms with E-state index in [0.29, 0.717) is 11.3 Å². The van der Waals surface area contributed by atoms with Crippen molar-refractivity contribution in [1.82, 2.24) is 0 Å². The second kappa shape index (κ2) is 7.84. The SMILES string of the molecule is N#Cc1ccc(Nc2ccc(NC(=O)c3ccc(C(F)(F)F)cc3)cc2)cc1. The quantitative estimate of drug-likeness (QED) is 0.621. The van der Waals surface area contributed by atoms with Crippen LogP contribution in [-0.4, -0.2) is 5.91 Å². The Morgan fingerprint density at radius 3 is 1.79 bits per heavy atom. The number of amides is 1. The van der Waals surface area contributed by atoms with E-state index >= 15 is 0 Å². The minimum atomic E-state index is -4.44. The molecule has 0 aliphatic rings. The van der Waals surface area contributed by atoms with Crippen molar-refractivity contribution in [1.29, 1.82) is 5.26 Å². The number of nitrogens with one attached hydrogen (secondary N) is 2. The van der Waals surface area contributed by atoms with Crippen LogP contribution in [-0.2, 0) is 6.18 Å². The van der Waals surface area contributed by atoms with E-state index in [4.69, 9.17) is 5.26 Å². The fourth-order valence-corrected chi connectivity index (χ4v) is 2.45. The Morgan fingerprint density at radius 1 is 0.786 bits per heavy atom. The van der Waals surface area contributed by atoms with Crippen LogP contribution in [0.1, 0.15) is 21.5 Å². The summed E-state index contributed by atoms with van der Waals surface area (Å²) in [6.07, 6.45) is -4.44. The first-order valence-corrected chi connectivity index (χ1v) is 8.21. The third kappa shape index (κ3) is 4.68. The molecule has 0 bridgehead atoms.